The van der Waals surface area contributed by atoms with Crippen LogP contribution in [0.1, 0.15) is 17.0 Å². The van der Waals surface area contributed by atoms with E-state index in [1.54, 1.807) is 30.3 Å². The highest BCUT2D eigenvalue weighted by molar-refractivity contribution is 6.19. The van der Waals surface area contributed by atoms with Crippen molar-refractivity contribution in [2.45, 2.75) is 12.8 Å². The summed E-state index contributed by atoms with van der Waals surface area (Å²) in [4.78, 5) is 38.8. The first-order valence-electron chi connectivity index (χ1n) is 8.72. The molecule has 1 aliphatic heterocycles. The number of benzene rings is 2. The first-order valence-corrected chi connectivity index (χ1v) is 8.72. The molecule has 7 heteroatoms. The Balaban J connectivity index is 0.000000336. The number of aryl methyl sites for hydroxylation is 1. The molecule has 0 radical (unpaired) electrons. The molecule has 148 valence electrons. The minimum absolute atomic E-state index is 0.214. The lowest BCUT2D eigenvalue weighted by Crippen LogP contribution is -2.59. The molecular weight excluding hydrogens is 360 g/mol. The quantitative estimate of drug-likeness (QED) is 0.741. The van der Waals surface area contributed by atoms with Crippen LogP contribution in [0.25, 0.3) is 0 Å². The predicted molar refractivity (Wildman–Crippen MR) is 103 cm³/mol. The van der Waals surface area contributed by atoms with Crippen molar-refractivity contribution in [3.8, 4) is 0 Å². The van der Waals surface area contributed by atoms with Crippen molar-refractivity contribution in [1.82, 2.24) is 9.80 Å². The van der Waals surface area contributed by atoms with Crippen LogP contribution in [-0.2, 0) is 19.1 Å². The number of barbiturate groups is 1. The third kappa shape index (κ3) is 5.03. The van der Waals surface area contributed by atoms with Gasteiger partial charge in [0.15, 0.2) is 0 Å². The third-order valence-corrected chi connectivity index (χ3v) is 4.08. The Morgan fingerprint density at radius 1 is 0.750 bits per heavy atom. The van der Waals surface area contributed by atoms with E-state index < -0.39 is 23.8 Å². The molecule has 1 saturated heterocycles. The maximum atomic E-state index is 12.4. The topological polar surface area (TPSA) is 76.2 Å². The number of amides is 4. The van der Waals surface area contributed by atoms with Gasteiger partial charge in [-0.2, -0.15) is 0 Å². The van der Waals surface area contributed by atoms with E-state index in [1.165, 1.54) is 19.8 Å². The SMILES string of the molecule is COCN1C(=O)C(c2ccccc2)C(=O)N(COC)C1=O.Cc1ccccc1. The van der Waals surface area contributed by atoms with Crippen LogP contribution >= 0.6 is 0 Å². The Bertz CT molecular complexity index is 767. The Kier molecular flexibility index (Phi) is 7.86. The zero-order chi connectivity index (χ0) is 20.5. The van der Waals surface area contributed by atoms with Gasteiger partial charge in [-0.05, 0) is 12.5 Å². The van der Waals surface area contributed by atoms with Gasteiger partial charge in [0, 0.05) is 14.2 Å². The molecule has 0 aliphatic carbocycles. The van der Waals surface area contributed by atoms with Gasteiger partial charge < -0.3 is 9.47 Å². The van der Waals surface area contributed by atoms with Gasteiger partial charge in [-0.1, -0.05) is 66.2 Å². The summed E-state index contributed by atoms with van der Waals surface area (Å²) in [7, 11) is 2.74. The van der Waals surface area contributed by atoms with E-state index in [0.717, 1.165) is 9.80 Å². The summed E-state index contributed by atoms with van der Waals surface area (Å²) in [5, 5.41) is 0. The Hall–Kier alpha value is -3.03. The van der Waals surface area contributed by atoms with Crippen molar-refractivity contribution in [3.05, 3.63) is 71.8 Å². The summed E-state index contributed by atoms with van der Waals surface area (Å²) < 4.78 is 9.75. The Labute approximate surface area is 164 Å². The molecule has 0 spiro atoms. The second kappa shape index (κ2) is 10.3. The van der Waals surface area contributed by atoms with Crippen LogP contribution in [0.15, 0.2) is 60.7 Å². The number of urea groups is 1. The summed E-state index contributed by atoms with van der Waals surface area (Å²) in [6, 6.07) is 18.1. The molecule has 1 heterocycles. The average molecular weight is 384 g/mol. The molecule has 2 aromatic rings. The van der Waals surface area contributed by atoms with E-state index in [2.05, 4.69) is 19.1 Å². The molecule has 1 fully saturated rings. The first-order chi connectivity index (χ1) is 13.5. The summed E-state index contributed by atoms with van der Waals surface area (Å²) in [6.07, 6.45) is 0. The Morgan fingerprint density at radius 2 is 1.18 bits per heavy atom. The van der Waals surface area contributed by atoms with Crippen LogP contribution < -0.4 is 0 Å². The summed E-state index contributed by atoms with van der Waals surface area (Å²) >= 11 is 0. The summed E-state index contributed by atoms with van der Waals surface area (Å²) in [6.45, 7) is 1.66. The van der Waals surface area contributed by atoms with Crippen molar-refractivity contribution in [2.75, 3.05) is 27.7 Å². The number of carbonyl (C=O) groups excluding carboxylic acids is 3. The fourth-order valence-electron chi connectivity index (χ4n) is 2.71. The van der Waals surface area contributed by atoms with Gasteiger partial charge in [0.2, 0.25) is 11.8 Å². The van der Waals surface area contributed by atoms with Gasteiger partial charge >= 0.3 is 6.03 Å². The molecule has 7 nitrogen and oxygen atoms in total. The number of ether oxygens (including phenoxy) is 2. The molecule has 0 saturated carbocycles. The van der Waals surface area contributed by atoms with Gasteiger partial charge in [-0.3, -0.25) is 9.59 Å². The minimum atomic E-state index is -1.06. The number of hydrogen-bond donors (Lipinski definition) is 0. The lowest BCUT2D eigenvalue weighted by atomic mass is 9.94. The number of carbonyl (C=O) groups is 3. The van der Waals surface area contributed by atoms with Crippen molar-refractivity contribution in [3.63, 3.8) is 0 Å². The lowest BCUT2D eigenvalue weighted by molar-refractivity contribution is -0.150. The normalized spacial score (nSPS) is 14.8. The maximum absolute atomic E-state index is 12.4. The highest BCUT2D eigenvalue weighted by atomic mass is 16.5. The molecule has 0 atom stereocenters. The standard InChI is InChI=1S/C14H16N2O5.C7H8/c1-20-8-15-12(17)11(10-6-4-3-5-7-10)13(18)16(9-21-2)14(15)19;1-7-5-3-2-4-6-7/h3-7,11H,8-9H2,1-2H3;2-6H,1H3. The van der Waals surface area contributed by atoms with E-state index in [9.17, 15) is 14.4 Å². The van der Waals surface area contributed by atoms with Gasteiger partial charge in [-0.15, -0.1) is 0 Å². The second-order valence-corrected chi connectivity index (χ2v) is 6.15. The zero-order valence-corrected chi connectivity index (χ0v) is 16.2. The number of hydrogen-bond acceptors (Lipinski definition) is 5. The van der Waals surface area contributed by atoms with Crippen LogP contribution in [0, 0.1) is 6.92 Å². The van der Waals surface area contributed by atoms with Gasteiger partial charge in [0.1, 0.15) is 19.4 Å². The highest BCUT2D eigenvalue weighted by Crippen LogP contribution is 2.26. The van der Waals surface area contributed by atoms with Crippen molar-refractivity contribution in [2.24, 2.45) is 0 Å². The fourth-order valence-corrected chi connectivity index (χ4v) is 2.71. The molecule has 0 aromatic heterocycles. The summed E-state index contributed by atoms with van der Waals surface area (Å²) in [5.41, 5.74) is 1.85. The maximum Gasteiger partial charge on any atom is 0.337 e. The second-order valence-electron chi connectivity index (χ2n) is 6.15. The smallest absolute Gasteiger partial charge is 0.337 e. The number of imide groups is 2. The van der Waals surface area contributed by atoms with Crippen molar-refractivity contribution >= 4 is 17.8 Å². The summed E-state index contributed by atoms with van der Waals surface area (Å²) in [5.74, 6) is -2.25. The first kappa shape index (κ1) is 21.3. The highest BCUT2D eigenvalue weighted by Gasteiger charge is 2.46. The molecule has 4 amide bonds. The molecule has 1 aliphatic rings. The molecule has 2 aromatic carbocycles. The van der Waals surface area contributed by atoms with Crippen LogP contribution in [0.4, 0.5) is 4.79 Å². The monoisotopic (exact) mass is 384 g/mol. The van der Waals surface area contributed by atoms with Crippen LogP contribution in [0.3, 0.4) is 0 Å². The number of methoxy groups -OCH3 is 2. The van der Waals surface area contributed by atoms with Gasteiger partial charge in [-0.25, -0.2) is 14.6 Å². The molecule has 3 rings (SSSR count). The largest absolute Gasteiger partial charge is 0.364 e. The van der Waals surface area contributed by atoms with E-state index in [1.807, 2.05) is 18.2 Å². The van der Waals surface area contributed by atoms with Gasteiger partial charge in [0.25, 0.3) is 0 Å². The van der Waals surface area contributed by atoms with E-state index in [4.69, 9.17) is 9.47 Å². The molecule has 0 N–H and O–H groups in total. The third-order valence-electron chi connectivity index (χ3n) is 4.08. The zero-order valence-electron chi connectivity index (χ0n) is 16.2. The van der Waals surface area contributed by atoms with E-state index >= 15 is 0 Å². The van der Waals surface area contributed by atoms with Crippen LogP contribution in [0.5, 0.6) is 0 Å². The van der Waals surface area contributed by atoms with Crippen LogP contribution in [0.2, 0.25) is 0 Å². The van der Waals surface area contributed by atoms with Crippen molar-refractivity contribution in [1.29, 1.82) is 0 Å². The van der Waals surface area contributed by atoms with E-state index in [0.29, 0.717) is 5.56 Å². The van der Waals surface area contributed by atoms with E-state index in [-0.39, 0.29) is 13.5 Å². The predicted octanol–water partition coefficient (Wildman–Crippen LogP) is 2.76. The lowest BCUT2D eigenvalue weighted by Gasteiger charge is -2.36. The molecule has 0 unspecified atom stereocenters. The average Bonchev–Trinajstić information content (AvgIpc) is 2.70. The van der Waals surface area contributed by atoms with Crippen molar-refractivity contribution < 1.29 is 23.9 Å². The molecular formula is C21H24N2O5. The Morgan fingerprint density at radius 3 is 1.54 bits per heavy atom. The molecule has 28 heavy (non-hydrogen) atoms. The van der Waals surface area contributed by atoms with Gasteiger partial charge in [0.05, 0.1) is 0 Å². The number of nitrogens with zero attached hydrogens (tertiary/aromatic N) is 2. The minimum Gasteiger partial charge on any atom is -0.364 e. The molecule has 0 bridgehead atoms. The van der Waals surface area contributed by atoms with Crippen LogP contribution in [-0.4, -0.2) is 55.3 Å². The number of rotatable bonds is 5. The fraction of sp³-hybridized carbons (Fsp3) is 0.286.